The second-order valence-corrected chi connectivity index (χ2v) is 10.7. The molecule has 0 saturated carbocycles. The third-order valence-corrected chi connectivity index (χ3v) is 8.07. The van der Waals surface area contributed by atoms with E-state index in [2.05, 4.69) is 6.92 Å². The Labute approximate surface area is 173 Å². The maximum atomic E-state index is 13.0. The summed E-state index contributed by atoms with van der Waals surface area (Å²) < 4.78 is 32.8. The molecule has 0 amide bonds. The van der Waals surface area contributed by atoms with Crippen molar-refractivity contribution >= 4 is 21.4 Å². The lowest BCUT2D eigenvalue weighted by Crippen LogP contribution is -2.41. The number of benzene rings is 1. The van der Waals surface area contributed by atoms with E-state index in [4.69, 9.17) is 4.74 Å². The number of piperidine rings is 2. The molecule has 0 spiro atoms. The number of methoxy groups -OCH3 is 1. The van der Waals surface area contributed by atoms with E-state index in [1.807, 2.05) is 11.8 Å². The van der Waals surface area contributed by atoms with E-state index in [1.54, 1.807) is 13.2 Å². The molecule has 0 aliphatic carbocycles. The second kappa shape index (κ2) is 8.57. The van der Waals surface area contributed by atoms with Gasteiger partial charge in [-0.3, -0.25) is 10.1 Å². The van der Waals surface area contributed by atoms with Gasteiger partial charge in [-0.2, -0.15) is 4.31 Å². The van der Waals surface area contributed by atoms with Gasteiger partial charge in [-0.15, -0.1) is 0 Å². The van der Waals surface area contributed by atoms with Crippen molar-refractivity contribution in [3.63, 3.8) is 0 Å². The molecule has 0 aromatic heterocycles. The Hall–Kier alpha value is -1.71. The van der Waals surface area contributed by atoms with Gasteiger partial charge in [-0.25, -0.2) is 8.42 Å². The van der Waals surface area contributed by atoms with E-state index in [0.29, 0.717) is 44.4 Å². The average Bonchev–Trinajstić information content (AvgIpc) is 2.68. The Balaban J connectivity index is 1.86. The minimum absolute atomic E-state index is 0.00304. The van der Waals surface area contributed by atoms with E-state index in [1.165, 1.54) is 16.4 Å². The van der Waals surface area contributed by atoms with E-state index < -0.39 is 14.9 Å². The normalized spacial score (nSPS) is 23.1. The first kappa shape index (κ1) is 22.0. The van der Waals surface area contributed by atoms with Crippen LogP contribution < -0.4 is 4.90 Å². The van der Waals surface area contributed by atoms with Crippen LogP contribution in [-0.2, 0) is 14.8 Å². The molecule has 2 fully saturated rings. The Bertz CT molecular complexity index is 850. The average molecular weight is 426 g/mol. The Morgan fingerprint density at radius 3 is 2.55 bits per heavy atom. The highest BCUT2D eigenvalue weighted by atomic mass is 32.2. The molecule has 29 heavy (non-hydrogen) atoms. The van der Waals surface area contributed by atoms with Crippen LogP contribution in [-0.4, -0.2) is 57.5 Å². The number of anilines is 1. The molecule has 1 aromatic rings. The molecule has 0 N–H and O–H groups in total. The van der Waals surface area contributed by atoms with Crippen molar-refractivity contribution in [1.82, 2.24) is 4.31 Å². The largest absolute Gasteiger partial charge is 0.384 e. The summed E-state index contributed by atoms with van der Waals surface area (Å²) in [7, 11) is -2.05. The van der Waals surface area contributed by atoms with Crippen molar-refractivity contribution in [1.29, 1.82) is 0 Å². The highest BCUT2D eigenvalue weighted by Gasteiger charge is 2.34. The minimum atomic E-state index is -3.73. The zero-order valence-electron chi connectivity index (χ0n) is 17.5. The molecule has 0 radical (unpaired) electrons. The predicted molar refractivity (Wildman–Crippen MR) is 112 cm³/mol. The third kappa shape index (κ3) is 4.73. The van der Waals surface area contributed by atoms with Gasteiger partial charge < -0.3 is 9.64 Å². The lowest BCUT2D eigenvalue weighted by molar-refractivity contribution is -0.384. The standard InChI is InChI=1S/C20H31N3O5S/c1-16-5-4-10-22(14-16)29(26,27)17-6-7-18(19(13-17)23(24)25)21-11-8-20(2,9-12-21)15-28-3/h6-7,13,16H,4-5,8-12,14-15H2,1-3H3. The van der Waals surface area contributed by atoms with Gasteiger partial charge in [-0.1, -0.05) is 13.8 Å². The maximum Gasteiger partial charge on any atom is 0.293 e. The second-order valence-electron chi connectivity index (χ2n) is 8.75. The summed E-state index contributed by atoms with van der Waals surface area (Å²) in [5.74, 6) is 0.294. The van der Waals surface area contributed by atoms with Gasteiger partial charge >= 0.3 is 0 Å². The Morgan fingerprint density at radius 1 is 1.28 bits per heavy atom. The van der Waals surface area contributed by atoms with Gasteiger partial charge in [0.2, 0.25) is 10.0 Å². The van der Waals surface area contributed by atoms with Crippen LogP contribution in [0.5, 0.6) is 0 Å². The van der Waals surface area contributed by atoms with Crippen molar-refractivity contribution in [3.8, 4) is 0 Å². The van der Waals surface area contributed by atoms with Crippen LogP contribution in [0.4, 0.5) is 11.4 Å². The molecule has 8 nitrogen and oxygen atoms in total. The van der Waals surface area contributed by atoms with Gasteiger partial charge in [0.25, 0.3) is 5.69 Å². The lowest BCUT2D eigenvalue weighted by atomic mass is 9.81. The topological polar surface area (TPSA) is 93.0 Å². The van der Waals surface area contributed by atoms with E-state index in [9.17, 15) is 18.5 Å². The molecule has 162 valence electrons. The first-order chi connectivity index (χ1) is 13.7. The number of hydrogen-bond acceptors (Lipinski definition) is 6. The summed E-state index contributed by atoms with van der Waals surface area (Å²) in [4.78, 5) is 13.3. The van der Waals surface area contributed by atoms with Gasteiger partial charge in [0, 0.05) is 39.4 Å². The van der Waals surface area contributed by atoms with E-state index >= 15 is 0 Å². The molecule has 2 saturated heterocycles. The molecule has 3 rings (SSSR count). The first-order valence-corrected chi connectivity index (χ1v) is 11.6. The number of nitro benzene ring substituents is 1. The van der Waals surface area contributed by atoms with Gasteiger partial charge in [0.05, 0.1) is 16.4 Å². The van der Waals surface area contributed by atoms with Crippen molar-refractivity contribution < 1.29 is 18.1 Å². The van der Waals surface area contributed by atoms with Crippen molar-refractivity contribution in [3.05, 3.63) is 28.3 Å². The van der Waals surface area contributed by atoms with E-state index in [-0.39, 0.29) is 16.0 Å². The molecule has 2 heterocycles. The summed E-state index contributed by atoms with van der Waals surface area (Å²) in [5.41, 5.74) is 0.403. The highest BCUT2D eigenvalue weighted by Crippen LogP contribution is 2.38. The quantitative estimate of drug-likeness (QED) is 0.513. The summed E-state index contributed by atoms with van der Waals surface area (Å²) in [6, 6.07) is 4.34. The zero-order chi connectivity index (χ0) is 21.2. The number of rotatable bonds is 6. The number of nitrogens with zero attached hydrogens (tertiary/aromatic N) is 3. The number of ether oxygens (including phenoxy) is 1. The van der Waals surface area contributed by atoms with Crippen molar-refractivity contribution in [2.24, 2.45) is 11.3 Å². The van der Waals surface area contributed by atoms with E-state index in [0.717, 1.165) is 25.7 Å². The molecule has 1 atom stereocenters. The van der Waals surface area contributed by atoms with Crippen LogP contribution in [0.2, 0.25) is 0 Å². The van der Waals surface area contributed by atoms with Gasteiger partial charge in [-0.05, 0) is 49.1 Å². The molecular formula is C20H31N3O5S. The summed E-state index contributed by atoms with van der Waals surface area (Å²) in [5, 5.41) is 11.8. The summed E-state index contributed by atoms with van der Waals surface area (Å²) in [6.07, 6.45) is 3.55. The Morgan fingerprint density at radius 2 is 1.97 bits per heavy atom. The van der Waals surface area contributed by atoms with Gasteiger partial charge in [0.15, 0.2) is 0 Å². The third-order valence-electron chi connectivity index (χ3n) is 6.21. The molecule has 2 aliphatic rings. The fourth-order valence-corrected chi connectivity index (χ4v) is 5.99. The zero-order valence-corrected chi connectivity index (χ0v) is 18.3. The predicted octanol–water partition coefficient (Wildman–Crippen LogP) is 3.27. The Kier molecular flexibility index (Phi) is 6.50. The van der Waals surface area contributed by atoms with Crippen LogP contribution in [0, 0.1) is 21.4 Å². The fourth-order valence-electron chi connectivity index (χ4n) is 4.37. The molecular weight excluding hydrogens is 394 g/mol. The molecule has 9 heteroatoms. The smallest absolute Gasteiger partial charge is 0.293 e. The van der Waals surface area contributed by atoms with Crippen molar-refractivity contribution in [2.45, 2.75) is 44.4 Å². The van der Waals surface area contributed by atoms with Crippen LogP contribution in [0.3, 0.4) is 0 Å². The first-order valence-electron chi connectivity index (χ1n) is 10.2. The minimum Gasteiger partial charge on any atom is -0.384 e. The molecule has 0 bridgehead atoms. The lowest BCUT2D eigenvalue weighted by Gasteiger charge is -2.39. The number of sulfonamides is 1. The molecule has 2 aliphatic heterocycles. The van der Waals surface area contributed by atoms with Crippen LogP contribution in [0.15, 0.2) is 23.1 Å². The van der Waals surface area contributed by atoms with Crippen molar-refractivity contribution in [2.75, 3.05) is 44.8 Å². The highest BCUT2D eigenvalue weighted by molar-refractivity contribution is 7.89. The number of nitro groups is 1. The van der Waals surface area contributed by atoms with Crippen LogP contribution >= 0.6 is 0 Å². The van der Waals surface area contributed by atoms with Crippen LogP contribution in [0.25, 0.3) is 0 Å². The molecule has 1 unspecified atom stereocenters. The monoisotopic (exact) mass is 425 g/mol. The SMILES string of the molecule is COCC1(C)CCN(c2ccc(S(=O)(=O)N3CCCC(C)C3)cc2[N+](=O)[O-])CC1. The maximum absolute atomic E-state index is 13.0. The number of hydrogen-bond donors (Lipinski definition) is 0. The molecule has 1 aromatic carbocycles. The van der Waals surface area contributed by atoms with Crippen LogP contribution in [0.1, 0.15) is 39.5 Å². The summed E-state index contributed by atoms with van der Waals surface area (Å²) >= 11 is 0. The van der Waals surface area contributed by atoms with Gasteiger partial charge in [0.1, 0.15) is 5.69 Å². The fraction of sp³-hybridized carbons (Fsp3) is 0.700. The summed E-state index contributed by atoms with van der Waals surface area (Å²) in [6.45, 7) is 7.13.